The van der Waals surface area contributed by atoms with Crippen molar-refractivity contribution >= 4 is 17.7 Å². The summed E-state index contributed by atoms with van der Waals surface area (Å²) in [5.74, 6) is -2.63. The van der Waals surface area contributed by atoms with Gasteiger partial charge in [-0.25, -0.2) is 5.48 Å². The van der Waals surface area contributed by atoms with Gasteiger partial charge < -0.3 is 15.8 Å². The van der Waals surface area contributed by atoms with E-state index in [4.69, 9.17) is 10.5 Å². The molecule has 0 spiro atoms. The van der Waals surface area contributed by atoms with Crippen LogP contribution in [0.25, 0.3) is 0 Å². The van der Waals surface area contributed by atoms with Crippen LogP contribution in [0.4, 0.5) is 0 Å². The van der Waals surface area contributed by atoms with E-state index in [1.807, 2.05) is 19.1 Å². The molecule has 32 heavy (non-hydrogen) atoms. The summed E-state index contributed by atoms with van der Waals surface area (Å²) in [6.45, 7) is 7.57. The molecular weight excluding hydrogens is 410 g/mol. The summed E-state index contributed by atoms with van der Waals surface area (Å²) < 4.78 is 5.72. The average molecular weight is 448 g/mol. The molecule has 8 nitrogen and oxygen atoms in total. The first kappa shape index (κ1) is 25.8. The number of hydroxylamine groups is 1. The van der Waals surface area contributed by atoms with Crippen LogP contribution in [-0.2, 0) is 32.0 Å². The van der Waals surface area contributed by atoms with Gasteiger partial charge in [0.2, 0.25) is 11.8 Å². The van der Waals surface area contributed by atoms with Crippen molar-refractivity contribution < 1.29 is 24.3 Å². The first-order valence-corrected chi connectivity index (χ1v) is 11.3. The van der Waals surface area contributed by atoms with Crippen LogP contribution in [0.3, 0.4) is 0 Å². The van der Waals surface area contributed by atoms with Crippen molar-refractivity contribution in [1.82, 2.24) is 10.8 Å². The third-order valence-corrected chi connectivity index (χ3v) is 6.05. The zero-order valence-corrected chi connectivity index (χ0v) is 19.5. The van der Waals surface area contributed by atoms with Crippen molar-refractivity contribution in [2.45, 2.75) is 71.9 Å². The maximum atomic E-state index is 13.4. The molecule has 0 radical (unpaired) electrons. The number of rotatable bonds is 10. The van der Waals surface area contributed by atoms with Crippen LogP contribution < -0.4 is 16.5 Å². The van der Waals surface area contributed by atoms with Crippen LogP contribution in [0.15, 0.2) is 24.3 Å². The van der Waals surface area contributed by atoms with Crippen LogP contribution in [0.5, 0.6) is 0 Å². The Morgan fingerprint density at radius 3 is 2.41 bits per heavy atom. The molecule has 5 N–H and O–H groups in total. The van der Waals surface area contributed by atoms with Gasteiger partial charge in [-0.3, -0.25) is 19.6 Å². The number of amides is 3. The van der Waals surface area contributed by atoms with E-state index in [9.17, 15) is 19.6 Å². The maximum absolute atomic E-state index is 13.4. The number of hydrogen-bond acceptors (Lipinski definition) is 5. The number of fused-ring (bicyclic) bond motifs is 1. The lowest BCUT2D eigenvalue weighted by Gasteiger charge is -2.34. The minimum atomic E-state index is -1.18. The van der Waals surface area contributed by atoms with Crippen LogP contribution in [0.1, 0.15) is 58.1 Å². The average Bonchev–Trinajstić information content (AvgIpc) is 2.75. The normalized spacial score (nSPS) is 18.7. The Morgan fingerprint density at radius 1 is 1.19 bits per heavy atom. The Kier molecular flexibility index (Phi) is 9.21. The van der Waals surface area contributed by atoms with Crippen molar-refractivity contribution in [2.75, 3.05) is 6.61 Å². The highest BCUT2D eigenvalue weighted by Crippen LogP contribution is 2.32. The molecular formula is C24H37N3O5. The van der Waals surface area contributed by atoms with Crippen LogP contribution in [0, 0.1) is 17.3 Å². The monoisotopic (exact) mass is 447 g/mol. The van der Waals surface area contributed by atoms with Crippen molar-refractivity contribution in [1.29, 1.82) is 0 Å². The summed E-state index contributed by atoms with van der Waals surface area (Å²) >= 11 is 0. The maximum Gasteiger partial charge on any atom is 0.273 e. The predicted molar refractivity (Wildman–Crippen MR) is 121 cm³/mol. The summed E-state index contributed by atoms with van der Waals surface area (Å²) in [7, 11) is 0. The van der Waals surface area contributed by atoms with Crippen LogP contribution >= 0.6 is 0 Å². The molecule has 0 aromatic heterocycles. The lowest BCUT2D eigenvalue weighted by atomic mass is 9.77. The summed E-state index contributed by atoms with van der Waals surface area (Å²) in [6.07, 6.45) is 2.42. The highest BCUT2D eigenvalue weighted by molar-refractivity contribution is 5.92. The Morgan fingerprint density at radius 2 is 1.84 bits per heavy atom. The lowest BCUT2D eigenvalue weighted by molar-refractivity contribution is -0.152. The number of carbonyl (C=O) groups excluding carboxylic acids is 3. The van der Waals surface area contributed by atoms with Gasteiger partial charge in [0.1, 0.15) is 12.1 Å². The van der Waals surface area contributed by atoms with Crippen molar-refractivity contribution in [2.24, 2.45) is 23.0 Å². The molecule has 4 unspecified atom stereocenters. The van der Waals surface area contributed by atoms with E-state index in [2.05, 4.69) is 17.4 Å². The fraction of sp³-hybridized carbons (Fsp3) is 0.625. The molecule has 0 saturated heterocycles. The second kappa shape index (κ2) is 11.4. The third kappa shape index (κ3) is 6.77. The van der Waals surface area contributed by atoms with E-state index >= 15 is 0 Å². The molecule has 178 valence electrons. The summed E-state index contributed by atoms with van der Waals surface area (Å²) in [6, 6.07) is 7.31. The highest BCUT2D eigenvalue weighted by Gasteiger charge is 2.40. The SMILES string of the molecule is CCCOC(C(=O)NO)C(CC1CCc2ccccc2C1)C(=O)NC(C(N)=O)C(C)(C)C. The number of benzene rings is 1. The van der Waals surface area contributed by atoms with Gasteiger partial charge in [0.25, 0.3) is 5.91 Å². The standard InChI is InChI=1S/C24H37N3O5/c1-5-12-32-19(23(30)27-31)18(22(29)26-20(21(25)28)24(2,3)4)14-15-10-11-16-8-6-7-9-17(16)13-15/h6-9,15,18-20,31H,5,10-14H2,1-4H3,(H2,25,28)(H,26,29)(H,27,30). The first-order valence-electron chi connectivity index (χ1n) is 11.3. The van der Waals surface area contributed by atoms with E-state index in [0.29, 0.717) is 12.8 Å². The molecule has 1 aliphatic carbocycles. The number of nitrogens with one attached hydrogen (secondary N) is 2. The number of primary amides is 1. The Hall–Kier alpha value is -2.45. The van der Waals surface area contributed by atoms with E-state index in [-0.39, 0.29) is 12.5 Å². The fourth-order valence-electron chi connectivity index (χ4n) is 4.35. The fourth-order valence-corrected chi connectivity index (χ4v) is 4.35. The summed E-state index contributed by atoms with van der Waals surface area (Å²) in [5, 5.41) is 12.0. The zero-order valence-electron chi connectivity index (χ0n) is 19.5. The van der Waals surface area contributed by atoms with Gasteiger partial charge in [-0.05, 0) is 54.6 Å². The Bertz CT molecular complexity index is 805. The molecule has 0 heterocycles. The molecule has 0 saturated carbocycles. The van der Waals surface area contributed by atoms with Gasteiger partial charge in [-0.2, -0.15) is 0 Å². The quantitative estimate of drug-likeness (QED) is 0.322. The highest BCUT2D eigenvalue weighted by atomic mass is 16.5. The molecule has 3 amide bonds. The molecule has 0 fully saturated rings. The van der Waals surface area contributed by atoms with Gasteiger partial charge in [-0.15, -0.1) is 0 Å². The smallest absolute Gasteiger partial charge is 0.273 e. The second-order valence-electron chi connectivity index (χ2n) is 9.70. The van der Waals surface area contributed by atoms with Gasteiger partial charge in [0.05, 0.1) is 5.92 Å². The minimum Gasteiger partial charge on any atom is -0.368 e. The summed E-state index contributed by atoms with van der Waals surface area (Å²) in [4.78, 5) is 37.9. The molecule has 0 bridgehead atoms. The van der Waals surface area contributed by atoms with Crippen LogP contribution in [0.2, 0.25) is 0 Å². The molecule has 1 aromatic rings. The topological polar surface area (TPSA) is 131 Å². The first-order chi connectivity index (χ1) is 15.1. The number of ether oxygens (including phenoxy) is 1. The number of nitrogens with two attached hydrogens (primary N) is 1. The Labute approximate surface area is 190 Å². The number of aryl methyl sites for hydroxylation is 1. The predicted octanol–water partition coefficient (Wildman–Crippen LogP) is 2.11. The molecule has 8 heteroatoms. The molecule has 2 rings (SSSR count). The molecule has 1 aromatic carbocycles. The minimum absolute atomic E-state index is 0.154. The van der Waals surface area contributed by atoms with Crippen molar-refractivity contribution in [3.8, 4) is 0 Å². The third-order valence-electron chi connectivity index (χ3n) is 6.05. The van der Waals surface area contributed by atoms with Gasteiger partial charge in [0, 0.05) is 6.61 Å². The van der Waals surface area contributed by atoms with Gasteiger partial charge in [0.15, 0.2) is 0 Å². The largest absolute Gasteiger partial charge is 0.368 e. The van der Waals surface area contributed by atoms with Crippen molar-refractivity contribution in [3.05, 3.63) is 35.4 Å². The zero-order chi connectivity index (χ0) is 23.9. The van der Waals surface area contributed by atoms with Crippen LogP contribution in [-0.4, -0.2) is 41.7 Å². The van der Waals surface area contributed by atoms with Gasteiger partial charge in [-0.1, -0.05) is 52.0 Å². The molecule has 1 aliphatic rings. The Balaban J connectivity index is 2.30. The lowest BCUT2D eigenvalue weighted by Crippen LogP contribution is -2.56. The molecule has 0 aliphatic heterocycles. The number of carbonyl (C=O) groups is 3. The number of hydrogen-bond donors (Lipinski definition) is 4. The summed E-state index contributed by atoms with van der Waals surface area (Å²) in [5.41, 5.74) is 9.12. The second-order valence-corrected chi connectivity index (χ2v) is 9.70. The molecule has 4 atom stereocenters. The van der Waals surface area contributed by atoms with Gasteiger partial charge >= 0.3 is 0 Å². The van der Waals surface area contributed by atoms with E-state index in [0.717, 1.165) is 19.3 Å². The van der Waals surface area contributed by atoms with E-state index < -0.39 is 41.2 Å². The van der Waals surface area contributed by atoms with Crippen molar-refractivity contribution in [3.63, 3.8) is 0 Å². The van der Waals surface area contributed by atoms with E-state index in [1.54, 1.807) is 26.3 Å². The van der Waals surface area contributed by atoms with E-state index in [1.165, 1.54) is 11.1 Å².